The molecule has 1 heterocycles. The molecule has 23 heavy (non-hydrogen) atoms. The van der Waals surface area contributed by atoms with Crippen molar-refractivity contribution in [1.82, 2.24) is 4.98 Å². The number of nitrogens with zero attached hydrogens (tertiary/aromatic N) is 1. The van der Waals surface area contributed by atoms with Crippen molar-refractivity contribution in [3.63, 3.8) is 0 Å². The van der Waals surface area contributed by atoms with Crippen LogP contribution in [0.15, 0.2) is 59.2 Å². The van der Waals surface area contributed by atoms with Crippen molar-refractivity contribution in [2.24, 2.45) is 0 Å². The molecule has 2 aromatic carbocycles. The minimum atomic E-state index is -1.12. The van der Waals surface area contributed by atoms with Gasteiger partial charge in [-0.15, -0.1) is 0 Å². The summed E-state index contributed by atoms with van der Waals surface area (Å²) in [6.07, 6.45) is 1.48. The maximum absolute atomic E-state index is 12.9. The maximum Gasteiger partial charge on any atom is 0.226 e. The van der Waals surface area contributed by atoms with Gasteiger partial charge in [0.05, 0.1) is 11.4 Å². The molecule has 118 valence electrons. The van der Waals surface area contributed by atoms with Gasteiger partial charge < -0.3 is 4.42 Å². The first-order chi connectivity index (χ1) is 11.1. The molecule has 3 rings (SSSR count). The predicted molar refractivity (Wildman–Crippen MR) is 88.9 cm³/mol. The Morgan fingerprint density at radius 3 is 2.65 bits per heavy atom. The van der Waals surface area contributed by atoms with Gasteiger partial charge in [0.1, 0.15) is 12.1 Å². The highest BCUT2D eigenvalue weighted by molar-refractivity contribution is 7.83. The molecular formula is C17H13ClFNO2S. The third kappa shape index (κ3) is 4.27. The SMILES string of the molecule is O=[S@@](Cc1cccc(Cl)c1)Cc1coc(-c2ccc(F)cc2)n1. The molecule has 0 spiro atoms. The molecule has 3 nitrogen and oxygen atoms in total. The van der Waals surface area contributed by atoms with E-state index in [1.165, 1.54) is 18.4 Å². The summed E-state index contributed by atoms with van der Waals surface area (Å²) in [5.41, 5.74) is 2.20. The Morgan fingerprint density at radius 1 is 1.13 bits per heavy atom. The zero-order valence-corrected chi connectivity index (χ0v) is 13.6. The summed E-state index contributed by atoms with van der Waals surface area (Å²) >= 11 is 5.92. The Hall–Kier alpha value is -1.98. The van der Waals surface area contributed by atoms with E-state index in [1.807, 2.05) is 12.1 Å². The number of halogens is 2. The standard InChI is InChI=1S/C17H13ClFNO2S/c18-14-3-1-2-12(8-14)10-23(21)11-16-9-22-17(20-16)13-4-6-15(19)7-5-13/h1-9H,10-11H2/t23-/m0/s1. The van der Waals surface area contributed by atoms with Crippen LogP contribution in [0.3, 0.4) is 0 Å². The first-order valence-electron chi connectivity index (χ1n) is 6.90. The van der Waals surface area contributed by atoms with E-state index in [0.717, 1.165) is 5.56 Å². The summed E-state index contributed by atoms with van der Waals surface area (Å²) in [5.74, 6) is 0.763. The third-order valence-corrected chi connectivity index (χ3v) is 4.68. The summed E-state index contributed by atoms with van der Waals surface area (Å²) in [5, 5.41) is 0.625. The largest absolute Gasteiger partial charge is 0.444 e. The number of hydrogen-bond acceptors (Lipinski definition) is 3. The lowest BCUT2D eigenvalue weighted by molar-refractivity contribution is 0.572. The van der Waals surface area contributed by atoms with Gasteiger partial charge in [-0.3, -0.25) is 4.21 Å². The van der Waals surface area contributed by atoms with Crippen LogP contribution in [0.25, 0.3) is 11.5 Å². The molecule has 0 saturated carbocycles. The molecule has 0 unspecified atom stereocenters. The topological polar surface area (TPSA) is 43.1 Å². The molecule has 0 radical (unpaired) electrons. The molecule has 0 aliphatic heterocycles. The highest BCUT2D eigenvalue weighted by Gasteiger charge is 2.10. The Kier molecular flexibility index (Phi) is 4.88. The molecule has 0 bridgehead atoms. The van der Waals surface area contributed by atoms with Crippen molar-refractivity contribution in [2.75, 3.05) is 0 Å². The van der Waals surface area contributed by atoms with E-state index in [1.54, 1.807) is 24.3 Å². The van der Waals surface area contributed by atoms with Crippen LogP contribution >= 0.6 is 11.6 Å². The molecule has 1 aromatic heterocycles. The summed E-state index contributed by atoms with van der Waals surface area (Å²) in [4.78, 5) is 4.30. The van der Waals surface area contributed by atoms with Crippen molar-refractivity contribution in [3.8, 4) is 11.5 Å². The summed E-state index contributed by atoms with van der Waals surface area (Å²) in [6, 6.07) is 13.2. The molecule has 0 aliphatic carbocycles. The summed E-state index contributed by atoms with van der Waals surface area (Å²) < 4.78 is 30.5. The molecule has 0 saturated heterocycles. The van der Waals surface area contributed by atoms with Crippen molar-refractivity contribution >= 4 is 22.4 Å². The van der Waals surface area contributed by atoms with Gasteiger partial charge in [-0.1, -0.05) is 23.7 Å². The summed E-state index contributed by atoms with van der Waals surface area (Å²) in [6.45, 7) is 0. The fraction of sp³-hybridized carbons (Fsp3) is 0.118. The molecule has 0 amide bonds. The Morgan fingerprint density at radius 2 is 1.91 bits per heavy atom. The van der Waals surface area contributed by atoms with E-state index in [4.69, 9.17) is 16.0 Å². The number of aromatic nitrogens is 1. The van der Waals surface area contributed by atoms with E-state index in [0.29, 0.717) is 27.9 Å². The quantitative estimate of drug-likeness (QED) is 0.677. The number of benzene rings is 2. The van der Waals surface area contributed by atoms with Gasteiger partial charge in [-0.25, -0.2) is 9.37 Å². The molecule has 0 fully saturated rings. The highest BCUT2D eigenvalue weighted by Crippen LogP contribution is 2.20. The van der Waals surface area contributed by atoms with Gasteiger partial charge in [0.2, 0.25) is 5.89 Å². The Bertz CT molecular complexity index is 833. The average molecular weight is 350 g/mol. The van der Waals surface area contributed by atoms with Gasteiger partial charge >= 0.3 is 0 Å². The maximum atomic E-state index is 12.9. The van der Waals surface area contributed by atoms with Gasteiger partial charge in [-0.05, 0) is 42.0 Å². The molecule has 3 aromatic rings. The second kappa shape index (κ2) is 7.06. The van der Waals surface area contributed by atoms with Crippen LogP contribution in [0.1, 0.15) is 11.3 Å². The monoisotopic (exact) mass is 349 g/mol. The summed E-state index contributed by atoms with van der Waals surface area (Å²) in [7, 11) is -1.12. The predicted octanol–water partition coefficient (Wildman–Crippen LogP) is 4.58. The van der Waals surface area contributed by atoms with Crippen molar-refractivity contribution in [2.45, 2.75) is 11.5 Å². The van der Waals surface area contributed by atoms with E-state index in [-0.39, 0.29) is 11.6 Å². The van der Waals surface area contributed by atoms with Gasteiger partial charge in [0, 0.05) is 27.1 Å². The van der Waals surface area contributed by atoms with Crippen LogP contribution in [0.5, 0.6) is 0 Å². The van der Waals surface area contributed by atoms with Gasteiger partial charge in [0.15, 0.2) is 0 Å². The first-order valence-corrected chi connectivity index (χ1v) is 8.76. The number of oxazole rings is 1. The zero-order chi connectivity index (χ0) is 16.2. The zero-order valence-electron chi connectivity index (χ0n) is 12.0. The Balaban J connectivity index is 1.66. The fourth-order valence-corrected chi connectivity index (χ4v) is 3.46. The van der Waals surface area contributed by atoms with E-state index in [9.17, 15) is 8.60 Å². The third-order valence-electron chi connectivity index (χ3n) is 3.17. The van der Waals surface area contributed by atoms with Crippen molar-refractivity contribution in [1.29, 1.82) is 0 Å². The van der Waals surface area contributed by atoms with Crippen LogP contribution in [-0.4, -0.2) is 9.19 Å². The minimum absolute atomic E-state index is 0.289. The fourth-order valence-electron chi connectivity index (χ4n) is 2.13. The van der Waals surface area contributed by atoms with Crippen LogP contribution in [-0.2, 0) is 22.3 Å². The van der Waals surface area contributed by atoms with Crippen LogP contribution < -0.4 is 0 Å². The van der Waals surface area contributed by atoms with E-state index in [2.05, 4.69) is 4.98 Å². The second-order valence-electron chi connectivity index (χ2n) is 5.01. The Labute approximate surface area is 140 Å². The first kappa shape index (κ1) is 15.9. The highest BCUT2D eigenvalue weighted by atomic mass is 35.5. The van der Waals surface area contributed by atoms with Gasteiger partial charge in [-0.2, -0.15) is 0 Å². The minimum Gasteiger partial charge on any atom is -0.444 e. The van der Waals surface area contributed by atoms with Crippen LogP contribution in [0.4, 0.5) is 4.39 Å². The van der Waals surface area contributed by atoms with Crippen LogP contribution in [0.2, 0.25) is 5.02 Å². The average Bonchev–Trinajstić information content (AvgIpc) is 2.96. The second-order valence-corrected chi connectivity index (χ2v) is 6.90. The van der Waals surface area contributed by atoms with Crippen molar-refractivity contribution in [3.05, 3.63) is 76.9 Å². The van der Waals surface area contributed by atoms with Crippen molar-refractivity contribution < 1.29 is 13.0 Å². The molecule has 6 heteroatoms. The molecule has 0 N–H and O–H groups in total. The van der Waals surface area contributed by atoms with Crippen LogP contribution in [0, 0.1) is 5.82 Å². The normalized spacial score (nSPS) is 12.3. The van der Waals surface area contributed by atoms with E-state index < -0.39 is 10.8 Å². The lowest BCUT2D eigenvalue weighted by Crippen LogP contribution is -1.99. The molecular weight excluding hydrogens is 337 g/mol. The lowest BCUT2D eigenvalue weighted by Gasteiger charge is -2.01. The number of rotatable bonds is 5. The smallest absolute Gasteiger partial charge is 0.226 e. The molecule has 1 atom stereocenters. The molecule has 0 aliphatic rings. The van der Waals surface area contributed by atoms with Gasteiger partial charge in [0.25, 0.3) is 0 Å². The number of hydrogen-bond donors (Lipinski definition) is 0. The lowest BCUT2D eigenvalue weighted by atomic mass is 10.2. The van der Waals surface area contributed by atoms with E-state index >= 15 is 0 Å².